The molecule has 1 aromatic heterocycles. The molecule has 4 heteroatoms. The van der Waals surface area contributed by atoms with Crippen LogP contribution in [0.25, 0.3) is 0 Å². The molecule has 1 aliphatic heterocycles. The van der Waals surface area contributed by atoms with E-state index >= 15 is 0 Å². The predicted molar refractivity (Wildman–Crippen MR) is 51.4 cm³/mol. The van der Waals surface area contributed by atoms with Crippen LogP contribution in [-0.4, -0.2) is 35.2 Å². The van der Waals surface area contributed by atoms with Crippen molar-refractivity contribution in [3.05, 3.63) is 17.5 Å². The van der Waals surface area contributed by atoms with Gasteiger partial charge in [0.2, 0.25) is 0 Å². The minimum atomic E-state index is 0.415. The maximum absolute atomic E-state index is 5.71. The summed E-state index contributed by atoms with van der Waals surface area (Å²) in [5.74, 6) is 0.415. The van der Waals surface area contributed by atoms with Gasteiger partial charge in [-0.1, -0.05) is 0 Å². The monoisotopic (exact) mass is 180 g/mol. The Labute approximate surface area is 78.1 Å². The van der Waals surface area contributed by atoms with Gasteiger partial charge in [0.05, 0.1) is 6.20 Å². The lowest BCUT2D eigenvalue weighted by Gasteiger charge is -2.34. The van der Waals surface area contributed by atoms with E-state index in [1.165, 1.54) is 11.3 Å². The van der Waals surface area contributed by atoms with Gasteiger partial charge in [0.25, 0.3) is 0 Å². The molecule has 0 saturated heterocycles. The molecule has 0 amide bonds. The smallest absolute Gasteiger partial charge is 0.0538 e. The van der Waals surface area contributed by atoms with Crippen molar-refractivity contribution in [3.8, 4) is 0 Å². The van der Waals surface area contributed by atoms with Gasteiger partial charge in [-0.3, -0.25) is 10.00 Å². The first-order valence-electron chi connectivity index (χ1n) is 4.67. The van der Waals surface area contributed by atoms with Gasteiger partial charge in [-0.25, -0.2) is 0 Å². The predicted octanol–water partition coefficient (Wildman–Crippen LogP) is 0.458. The van der Waals surface area contributed by atoms with Crippen LogP contribution in [-0.2, 0) is 0 Å². The second kappa shape index (κ2) is 3.12. The van der Waals surface area contributed by atoms with E-state index in [9.17, 15) is 0 Å². The summed E-state index contributed by atoms with van der Waals surface area (Å²) >= 11 is 0. The molecule has 0 bridgehead atoms. The number of aromatic nitrogens is 2. The lowest BCUT2D eigenvalue weighted by molar-refractivity contribution is 0.223. The van der Waals surface area contributed by atoms with Crippen molar-refractivity contribution in [2.24, 2.45) is 5.73 Å². The van der Waals surface area contributed by atoms with E-state index in [2.05, 4.69) is 29.1 Å². The third-order valence-corrected chi connectivity index (χ3v) is 3.01. The van der Waals surface area contributed by atoms with Gasteiger partial charge < -0.3 is 5.73 Å². The van der Waals surface area contributed by atoms with E-state index in [1.54, 1.807) is 0 Å². The van der Waals surface area contributed by atoms with Crippen molar-refractivity contribution in [1.29, 1.82) is 0 Å². The molecule has 1 aliphatic rings. The maximum Gasteiger partial charge on any atom is 0.0538 e. The summed E-state index contributed by atoms with van der Waals surface area (Å²) < 4.78 is 0. The van der Waals surface area contributed by atoms with E-state index in [-0.39, 0.29) is 0 Å². The zero-order valence-corrected chi connectivity index (χ0v) is 8.12. The summed E-state index contributed by atoms with van der Waals surface area (Å²) in [6, 6.07) is 0.455. The maximum atomic E-state index is 5.71. The van der Waals surface area contributed by atoms with Crippen molar-refractivity contribution in [1.82, 2.24) is 15.1 Å². The third-order valence-electron chi connectivity index (χ3n) is 3.01. The van der Waals surface area contributed by atoms with E-state index in [0.717, 1.165) is 6.54 Å². The molecule has 2 unspecified atom stereocenters. The standard InChI is InChI=1S/C9H16N4/c1-6-8-4-11-12-9(8)7(3-10)5-13(6)2/h4,6-7H,3,5,10H2,1-2H3,(H,11,12). The third kappa shape index (κ3) is 1.26. The number of nitrogens with two attached hydrogens (primary N) is 1. The molecule has 2 heterocycles. The minimum absolute atomic E-state index is 0.415. The fraction of sp³-hybridized carbons (Fsp3) is 0.667. The fourth-order valence-electron chi connectivity index (χ4n) is 1.99. The molecule has 13 heavy (non-hydrogen) atoms. The molecule has 1 aromatic rings. The Hall–Kier alpha value is -0.870. The molecule has 2 rings (SSSR count). The molecule has 0 saturated carbocycles. The summed E-state index contributed by atoms with van der Waals surface area (Å²) in [7, 11) is 2.13. The molecule has 0 radical (unpaired) electrons. The molecule has 4 nitrogen and oxygen atoms in total. The van der Waals surface area contributed by atoms with Crippen molar-refractivity contribution < 1.29 is 0 Å². The number of nitrogens with zero attached hydrogens (tertiary/aromatic N) is 2. The topological polar surface area (TPSA) is 57.9 Å². The molecule has 0 aromatic carbocycles. The zero-order chi connectivity index (χ0) is 9.42. The van der Waals surface area contributed by atoms with Gasteiger partial charge in [0, 0.05) is 36.3 Å². The van der Waals surface area contributed by atoms with Crippen LogP contribution in [0.2, 0.25) is 0 Å². The van der Waals surface area contributed by atoms with Gasteiger partial charge in [-0.05, 0) is 14.0 Å². The number of H-pyrrole nitrogens is 1. The van der Waals surface area contributed by atoms with E-state index in [0.29, 0.717) is 18.5 Å². The fourth-order valence-corrected chi connectivity index (χ4v) is 1.99. The number of rotatable bonds is 1. The van der Waals surface area contributed by atoms with Crippen molar-refractivity contribution in [2.45, 2.75) is 18.9 Å². The van der Waals surface area contributed by atoms with Crippen LogP contribution < -0.4 is 5.73 Å². The highest BCUT2D eigenvalue weighted by Crippen LogP contribution is 2.32. The normalized spacial score (nSPS) is 28.8. The Morgan fingerprint density at radius 1 is 1.77 bits per heavy atom. The zero-order valence-electron chi connectivity index (χ0n) is 8.12. The number of nitrogens with one attached hydrogen (secondary N) is 1. The van der Waals surface area contributed by atoms with Gasteiger partial charge in [-0.2, -0.15) is 5.10 Å². The molecule has 0 fully saturated rings. The summed E-state index contributed by atoms with van der Waals surface area (Å²) in [6.07, 6.45) is 1.92. The van der Waals surface area contributed by atoms with E-state index in [1.807, 2.05) is 6.20 Å². The average Bonchev–Trinajstić information content (AvgIpc) is 2.60. The van der Waals surface area contributed by atoms with Crippen LogP contribution in [0, 0.1) is 0 Å². The lowest BCUT2D eigenvalue weighted by Crippen LogP contribution is -2.36. The molecule has 2 atom stereocenters. The van der Waals surface area contributed by atoms with Gasteiger partial charge >= 0.3 is 0 Å². The Kier molecular flexibility index (Phi) is 2.09. The Balaban J connectivity index is 2.38. The van der Waals surface area contributed by atoms with Crippen LogP contribution >= 0.6 is 0 Å². The van der Waals surface area contributed by atoms with Crippen LogP contribution in [0.1, 0.15) is 30.1 Å². The summed E-state index contributed by atoms with van der Waals surface area (Å²) in [4.78, 5) is 2.31. The van der Waals surface area contributed by atoms with Crippen LogP contribution in [0.4, 0.5) is 0 Å². The molecule has 0 spiro atoms. The second-order valence-electron chi connectivity index (χ2n) is 3.79. The number of hydrogen-bond acceptors (Lipinski definition) is 3. The Morgan fingerprint density at radius 3 is 3.23 bits per heavy atom. The van der Waals surface area contributed by atoms with Crippen molar-refractivity contribution in [2.75, 3.05) is 20.1 Å². The summed E-state index contributed by atoms with van der Waals surface area (Å²) in [6.45, 7) is 3.90. The molecular weight excluding hydrogens is 164 g/mol. The van der Waals surface area contributed by atoms with Gasteiger partial charge in [0.1, 0.15) is 0 Å². The Morgan fingerprint density at radius 2 is 2.54 bits per heavy atom. The lowest BCUT2D eigenvalue weighted by atomic mass is 9.92. The molecule has 0 aliphatic carbocycles. The van der Waals surface area contributed by atoms with Gasteiger partial charge in [-0.15, -0.1) is 0 Å². The average molecular weight is 180 g/mol. The number of hydrogen-bond donors (Lipinski definition) is 2. The van der Waals surface area contributed by atoms with Crippen LogP contribution in [0.5, 0.6) is 0 Å². The first kappa shape index (κ1) is 8.72. The highest BCUT2D eigenvalue weighted by molar-refractivity contribution is 5.27. The van der Waals surface area contributed by atoms with E-state index in [4.69, 9.17) is 5.73 Å². The molecule has 72 valence electrons. The first-order valence-corrected chi connectivity index (χ1v) is 4.67. The molecule has 3 N–H and O–H groups in total. The summed E-state index contributed by atoms with van der Waals surface area (Å²) in [5, 5.41) is 7.13. The van der Waals surface area contributed by atoms with Crippen molar-refractivity contribution >= 4 is 0 Å². The minimum Gasteiger partial charge on any atom is -0.330 e. The molecular formula is C9H16N4. The second-order valence-corrected chi connectivity index (χ2v) is 3.79. The quantitative estimate of drug-likeness (QED) is 0.660. The van der Waals surface area contributed by atoms with Crippen LogP contribution in [0.15, 0.2) is 6.20 Å². The summed E-state index contributed by atoms with van der Waals surface area (Å²) in [5.41, 5.74) is 8.24. The van der Waals surface area contributed by atoms with Crippen molar-refractivity contribution in [3.63, 3.8) is 0 Å². The number of aromatic amines is 1. The highest BCUT2D eigenvalue weighted by atomic mass is 15.2. The SMILES string of the molecule is CC1c2cn[nH]c2C(CN)CN1C. The van der Waals surface area contributed by atoms with Crippen LogP contribution in [0.3, 0.4) is 0 Å². The van der Waals surface area contributed by atoms with E-state index < -0.39 is 0 Å². The largest absolute Gasteiger partial charge is 0.330 e. The van der Waals surface area contributed by atoms with Gasteiger partial charge in [0.15, 0.2) is 0 Å². The number of likely N-dealkylation sites (N-methyl/N-ethyl adjacent to an activating group) is 1. The Bertz CT molecular complexity index is 283. The highest BCUT2D eigenvalue weighted by Gasteiger charge is 2.28. The number of fused-ring (bicyclic) bond motifs is 1. The first-order chi connectivity index (χ1) is 6.24.